The van der Waals surface area contributed by atoms with E-state index in [4.69, 9.17) is 9.51 Å². The minimum atomic E-state index is 0.716. The van der Waals surface area contributed by atoms with Gasteiger partial charge in [0.05, 0.1) is 11.4 Å². The first kappa shape index (κ1) is 16.7. The molecule has 0 aliphatic carbocycles. The summed E-state index contributed by atoms with van der Waals surface area (Å²) in [4.78, 5) is 8.10. The second-order valence-electron chi connectivity index (χ2n) is 6.11. The van der Waals surface area contributed by atoms with E-state index in [9.17, 15) is 0 Å². The molecule has 2 aromatic heterocycles. The molecule has 0 bridgehead atoms. The van der Waals surface area contributed by atoms with Gasteiger partial charge in [-0.25, -0.2) is 4.98 Å². The van der Waals surface area contributed by atoms with Gasteiger partial charge in [0.2, 0.25) is 0 Å². The highest BCUT2D eigenvalue weighted by Crippen LogP contribution is 2.25. The zero-order valence-corrected chi connectivity index (χ0v) is 15.3. The maximum absolute atomic E-state index is 5.45. The number of nitrogens with zero attached hydrogens (tertiary/aromatic N) is 2. The summed E-state index contributed by atoms with van der Waals surface area (Å²) in [6, 6.07) is 22.4. The number of imidazole rings is 1. The Hall–Kier alpha value is -2.79. The Morgan fingerprint density at radius 1 is 1.00 bits per heavy atom. The molecule has 0 aliphatic heterocycles. The van der Waals surface area contributed by atoms with Crippen molar-refractivity contribution >= 4 is 11.8 Å². The minimum Gasteiger partial charge on any atom is -0.356 e. The number of benzene rings is 2. The van der Waals surface area contributed by atoms with Crippen LogP contribution in [0.25, 0.3) is 11.3 Å². The molecule has 0 amide bonds. The highest BCUT2D eigenvalue weighted by Gasteiger charge is 2.11. The van der Waals surface area contributed by atoms with E-state index < -0.39 is 0 Å². The highest BCUT2D eigenvalue weighted by atomic mass is 32.2. The fourth-order valence-electron chi connectivity index (χ4n) is 2.76. The molecule has 130 valence electrons. The van der Waals surface area contributed by atoms with Crippen LogP contribution < -0.4 is 0 Å². The van der Waals surface area contributed by atoms with Gasteiger partial charge in [0.1, 0.15) is 0 Å². The second kappa shape index (κ2) is 7.62. The third-order valence-electron chi connectivity index (χ3n) is 4.15. The zero-order chi connectivity index (χ0) is 17.8. The summed E-state index contributed by atoms with van der Waals surface area (Å²) in [5.41, 5.74) is 5.41. The molecule has 2 heterocycles. The Kier molecular flexibility index (Phi) is 4.88. The number of aromatic amines is 1. The summed E-state index contributed by atoms with van der Waals surface area (Å²) in [6.07, 6.45) is 0.839. The molecular weight excluding hydrogens is 342 g/mol. The van der Waals surface area contributed by atoms with Crippen LogP contribution in [0.2, 0.25) is 0 Å². The van der Waals surface area contributed by atoms with E-state index in [1.165, 1.54) is 5.56 Å². The average molecular weight is 361 g/mol. The van der Waals surface area contributed by atoms with Crippen LogP contribution in [0, 0.1) is 6.92 Å². The molecule has 0 radical (unpaired) electrons. The van der Waals surface area contributed by atoms with Crippen molar-refractivity contribution in [3.8, 4) is 11.3 Å². The molecule has 0 saturated heterocycles. The van der Waals surface area contributed by atoms with Gasteiger partial charge in [-0.1, -0.05) is 77.6 Å². The normalized spacial score (nSPS) is 11.0. The van der Waals surface area contributed by atoms with Crippen LogP contribution in [0.4, 0.5) is 0 Å². The lowest BCUT2D eigenvalue weighted by Crippen LogP contribution is -1.90. The molecule has 1 N–H and O–H groups in total. The summed E-state index contributed by atoms with van der Waals surface area (Å²) < 4.78 is 5.45. The number of hydrogen-bond acceptors (Lipinski definition) is 4. The van der Waals surface area contributed by atoms with Gasteiger partial charge in [0.15, 0.2) is 10.9 Å². The lowest BCUT2D eigenvalue weighted by atomic mass is 10.1. The Morgan fingerprint density at radius 2 is 1.73 bits per heavy atom. The Labute approximate surface area is 156 Å². The van der Waals surface area contributed by atoms with Gasteiger partial charge in [0.25, 0.3) is 0 Å². The lowest BCUT2D eigenvalue weighted by molar-refractivity contribution is 0.426. The Balaban J connectivity index is 1.41. The van der Waals surface area contributed by atoms with Gasteiger partial charge >= 0.3 is 0 Å². The number of rotatable bonds is 6. The van der Waals surface area contributed by atoms with Gasteiger partial charge in [-0.15, -0.1) is 0 Å². The largest absolute Gasteiger partial charge is 0.356 e. The van der Waals surface area contributed by atoms with Crippen molar-refractivity contribution < 1.29 is 4.52 Å². The van der Waals surface area contributed by atoms with E-state index >= 15 is 0 Å². The van der Waals surface area contributed by atoms with Crippen molar-refractivity contribution in [3.63, 3.8) is 0 Å². The Bertz CT molecular complexity index is 977. The van der Waals surface area contributed by atoms with Crippen molar-refractivity contribution in [1.29, 1.82) is 0 Å². The fraction of sp³-hybridized carbons (Fsp3) is 0.143. The maximum Gasteiger partial charge on any atom is 0.167 e. The molecule has 4 aromatic rings. The van der Waals surface area contributed by atoms with Gasteiger partial charge < -0.3 is 9.51 Å². The number of aromatic nitrogens is 3. The number of nitrogens with one attached hydrogen (secondary N) is 1. The summed E-state index contributed by atoms with van der Waals surface area (Å²) in [5, 5.41) is 5.08. The van der Waals surface area contributed by atoms with Crippen LogP contribution in [0.15, 0.2) is 76.4 Å². The third-order valence-corrected chi connectivity index (χ3v) is 5.06. The van der Waals surface area contributed by atoms with Crippen molar-refractivity contribution in [3.05, 3.63) is 89.4 Å². The van der Waals surface area contributed by atoms with Crippen LogP contribution in [-0.4, -0.2) is 15.1 Å². The molecule has 0 atom stereocenters. The molecular formula is C21H19N3OS. The molecule has 0 spiro atoms. The molecule has 4 nitrogen and oxygen atoms in total. The maximum atomic E-state index is 5.45. The fourth-order valence-corrected chi connectivity index (χ4v) is 3.58. The molecule has 0 fully saturated rings. The molecule has 5 heteroatoms. The van der Waals surface area contributed by atoms with Gasteiger partial charge in [0, 0.05) is 29.5 Å². The first-order chi connectivity index (χ1) is 12.8. The third kappa shape index (κ3) is 3.89. The van der Waals surface area contributed by atoms with Gasteiger partial charge in [-0.2, -0.15) is 0 Å². The standard InChI is InChI=1S/C21H19N3OS/c1-15-19(12-16-8-4-2-5-9-16)23-21(22-15)26-14-18-13-20(25-24-18)17-10-6-3-7-11-17/h2-11,13H,12,14H2,1H3,(H,22,23). The molecule has 0 unspecified atom stereocenters. The van der Waals surface area contributed by atoms with Crippen LogP contribution in [0.1, 0.15) is 22.6 Å². The number of thioether (sulfide) groups is 1. The SMILES string of the molecule is Cc1[nH]c(SCc2cc(-c3ccccc3)on2)nc1Cc1ccccc1. The predicted octanol–water partition coefficient (Wildman–Crippen LogP) is 5.26. The first-order valence-corrected chi connectivity index (χ1v) is 9.50. The minimum absolute atomic E-state index is 0.716. The van der Waals surface area contributed by atoms with Crippen molar-refractivity contribution in [2.75, 3.05) is 0 Å². The highest BCUT2D eigenvalue weighted by molar-refractivity contribution is 7.98. The van der Waals surface area contributed by atoms with Crippen LogP contribution in [-0.2, 0) is 12.2 Å². The summed E-state index contributed by atoms with van der Waals surface area (Å²) in [7, 11) is 0. The molecule has 0 saturated carbocycles. The van der Waals surface area contributed by atoms with Crippen molar-refractivity contribution in [2.24, 2.45) is 0 Å². The monoisotopic (exact) mass is 361 g/mol. The Morgan fingerprint density at radius 3 is 2.50 bits per heavy atom. The molecule has 4 rings (SSSR count). The summed E-state index contributed by atoms with van der Waals surface area (Å²) in [5.74, 6) is 1.51. The van der Waals surface area contributed by atoms with E-state index in [1.54, 1.807) is 11.8 Å². The van der Waals surface area contributed by atoms with E-state index in [0.29, 0.717) is 5.75 Å². The first-order valence-electron chi connectivity index (χ1n) is 8.51. The quantitative estimate of drug-likeness (QED) is 0.476. The van der Waals surface area contributed by atoms with E-state index in [1.807, 2.05) is 42.5 Å². The smallest absolute Gasteiger partial charge is 0.167 e. The van der Waals surface area contributed by atoms with E-state index in [2.05, 4.69) is 41.3 Å². The number of H-pyrrole nitrogens is 1. The van der Waals surface area contributed by atoms with Crippen LogP contribution >= 0.6 is 11.8 Å². The zero-order valence-electron chi connectivity index (χ0n) is 14.5. The van der Waals surface area contributed by atoms with Crippen LogP contribution in [0.3, 0.4) is 0 Å². The summed E-state index contributed by atoms with van der Waals surface area (Å²) in [6.45, 7) is 2.07. The van der Waals surface area contributed by atoms with Gasteiger partial charge in [-0.05, 0) is 12.5 Å². The van der Waals surface area contributed by atoms with Crippen molar-refractivity contribution in [2.45, 2.75) is 24.3 Å². The van der Waals surface area contributed by atoms with E-state index in [0.717, 1.165) is 40.0 Å². The topological polar surface area (TPSA) is 54.7 Å². The second-order valence-corrected chi connectivity index (χ2v) is 7.08. The average Bonchev–Trinajstić information content (AvgIpc) is 3.29. The predicted molar refractivity (Wildman–Crippen MR) is 104 cm³/mol. The van der Waals surface area contributed by atoms with E-state index in [-0.39, 0.29) is 0 Å². The van der Waals surface area contributed by atoms with Crippen LogP contribution in [0.5, 0.6) is 0 Å². The molecule has 26 heavy (non-hydrogen) atoms. The number of hydrogen-bond donors (Lipinski definition) is 1. The lowest BCUT2D eigenvalue weighted by Gasteiger charge is -1.98. The van der Waals surface area contributed by atoms with Crippen molar-refractivity contribution in [1.82, 2.24) is 15.1 Å². The molecule has 0 aliphatic rings. The summed E-state index contributed by atoms with van der Waals surface area (Å²) >= 11 is 1.64. The number of aryl methyl sites for hydroxylation is 1. The molecule has 2 aromatic carbocycles. The van der Waals surface area contributed by atoms with Gasteiger partial charge in [-0.3, -0.25) is 0 Å².